The Labute approximate surface area is 114 Å². The Hall–Kier alpha value is -1.39. The number of benzene rings is 1. The molecule has 1 fully saturated rings. The van der Waals surface area contributed by atoms with Gasteiger partial charge in [0, 0.05) is 13.1 Å². The molecule has 0 amide bonds. The van der Waals surface area contributed by atoms with Gasteiger partial charge in [-0.05, 0) is 37.8 Å². The Balaban J connectivity index is 1.83. The summed E-state index contributed by atoms with van der Waals surface area (Å²) >= 11 is 0. The van der Waals surface area contributed by atoms with Gasteiger partial charge in [0.05, 0.1) is 0 Å². The van der Waals surface area contributed by atoms with Crippen molar-refractivity contribution in [3.8, 4) is 0 Å². The van der Waals surface area contributed by atoms with Crippen molar-refractivity contribution >= 4 is 5.97 Å². The van der Waals surface area contributed by atoms with Crippen molar-refractivity contribution in [2.45, 2.75) is 32.4 Å². The fraction of sp³-hybridized carbons (Fsp3) is 0.533. The number of nitrogens with two attached hydrogens (primary N) is 1. The Morgan fingerprint density at radius 1 is 1.58 bits per heavy atom. The van der Waals surface area contributed by atoms with Crippen molar-refractivity contribution in [1.82, 2.24) is 4.90 Å². The molecule has 1 aliphatic heterocycles. The van der Waals surface area contributed by atoms with Crippen LogP contribution in [0.5, 0.6) is 0 Å². The number of rotatable bonds is 5. The van der Waals surface area contributed by atoms with Crippen LogP contribution in [0.15, 0.2) is 24.3 Å². The summed E-state index contributed by atoms with van der Waals surface area (Å²) in [4.78, 5) is 13.1. The number of hydrogen-bond donors (Lipinski definition) is 2. The summed E-state index contributed by atoms with van der Waals surface area (Å²) in [5.74, 6) is -0.479. The number of aryl methyl sites for hydroxylation is 1. The summed E-state index contributed by atoms with van der Waals surface area (Å²) in [5, 5.41) is 8.84. The topological polar surface area (TPSA) is 66.6 Å². The van der Waals surface area contributed by atoms with E-state index in [1.165, 1.54) is 11.1 Å². The van der Waals surface area contributed by atoms with E-state index >= 15 is 0 Å². The van der Waals surface area contributed by atoms with Gasteiger partial charge in [0.25, 0.3) is 0 Å². The number of nitrogens with zero attached hydrogens (tertiary/aromatic N) is 1. The Morgan fingerprint density at radius 2 is 2.37 bits per heavy atom. The number of carbonyl (C=O) groups is 1. The van der Waals surface area contributed by atoms with Gasteiger partial charge in [-0.15, -0.1) is 0 Å². The minimum Gasteiger partial charge on any atom is -0.480 e. The van der Waals surface area contributed by atoms with E-state index in [2.05, 4.69) is 36.1 Å². The molecule has 1 heterocycles. The monoisotopic (exact) mass is 262 g/mol. The summed E-state index contributed by atoms with van der Waals surface area (Å²) in [6, 6.07) is 7.81. The molecule has 0 radical (unpaired) electrons. The highest BCUT2D eigenvalue weighted by Gasteiger charge is 2.26. The first-order valence-electron chi connectivity index (χ1n) is 6.81. The van der Waals surface area contributed by atoms with Crippen LogP contribution in [-0.2, 0) is 11.3 Å². The first-order valence-corrected chi connectivity index (χ1v) is 6.81. The summed E-state index contributed by atoms with van der Waals surface area (Å²) < 4.78 is 0. The van der Waals surface area contributed by atoms with Gasteiger partial charge in [-0.25, -0.2) is 0 Å². The third-order valence-corrected chi connectivity index (χ3v) is 3.76. The third kappa shape index (κ3) is 4.04. The molecule has 4 nitrogen and oxygen atoms in total. The zero-order valence-electron chi connectivity index (χ0n) is 11.4. The van der Waals surface area contributed by atoms with Gasteiger partial charge in [0.15, 0.2) is 0 Å². The van der Waals surface area contributed by atoms with Gasteiger partial charge in [-0.1, -0.05) is 29.8 Å². The lowest BCUT2D eigenvalue weighted by atomic mass is 10.00. The number of hydrogen-bond acceptors (Lipinski definition) is 3. The zero-order chi connectivity index (χ0) is 13.8. The normalized spacial score (nSPS) is 21.5. The molecule has 4 heteroatoms. The number of carboxylic acids is 1. The number of likely N-dealkylation sites (tertiary alicyclic amines) is 1. The van der Waals surface area contributed by atoms with E-state index in [0.29, 0.717) is 12.3 Å². The van der Waals surface area contributed by atoms with Crippen molar-refractivity contribution in [3.05, 3.63) is 35.4 Å². The molecular weight excluding hydrogens is 240 g/mol. The lowest BCUT2D eigenvalue weighted by Gasteiger charge is -2.17. The van der Waals surface area contributed by atoms with E-state index in [9.17, 15) is 4.79 Å². The average Bonchev–Trinajstić information content (AvgIpc) is 2.76. The molecule has 2 unspecified atom stereocenters. The van der Waals surface area contributed by atoms with Gasteiger partial charge >= 0.3 is 5.97 Å². The van der Waals surface area contributed by atoms with Gasteiger partial charge in [0.1, 0.15) is 6.04 Å². The van der Waals surface area contributed by atoms with Gasteiger partial charge in [-0.3, -0.25) is 9.69 Å². The first kappa shape index (κ1) is 14.0. The molecule has 0 aromatic heterocycles. The predicted molar refractivity (Wildman–Crippen MR) is 74.8 cm³/mol. The predicted octanol–water partition coefficient (Wildman–Crippen LogP) is 1.62. The van der Waals surface area contributed by atoms with Crippen LogP contribution in [0.3, 0.4) is 0 Å². The molecule has 1 aliphatic rings. The maximum atomic E-state index is 10.8. The van der Waals surface area contributed by atoms with Crippen molar-refractivity contribution in [3.63, 3.8) is 0 Å². The molecule has 0 bridgehead atoms. The standard InChI is InChI=1S/C15H22N2O2/c1-11-3-2-4-12(7-11)9-17-6-5-13(10-17)8-14(16)15(18)19/h2-4,7,13-14H,5-6,8-10,16H2,1H3,(H,18,19). The molecule has 1 saturated heterocycles. The first-order chi connectivity index (χ1) is 9.04. The molecule has 2 atom stereocenters. The Kier molecular flexibility index (Phi) is 4.56. The van der Waals surface area contributed by atoms with Crippen LogP contribution in [0.1, 0.15) is 24.0 Å². The second-order valence-corrected chi connectivity index (χ2v) is 5.56. The van der Waals surface area contributed by atoms with E-state index in [0.717, 1.165) is 26.1 Å². The van der Waals surface area contributed by atoms with Crippen molar-refractivity contribution in [2.75, 3.05) is 13.1 Å². The molecule has 104 valence electrons. The molecular formula is C15H22N2O2. The highest BCUT2D eigenvalue weighted by atomic mass is 16.4. The van der Waals surface area contributed by atoms with Crippen molar-refractivity contribution in [2.24, 2.45) is 11.7 Å². The fourth-order valence-electron chi connectivity index (χ4n) is 2.78. The summed E-state index contributed by atoms with van der Waals surface area (Å²) in [6.45, 7) is 5.03. The van der Waals surface area contributed by atoms with Crippen molar-refractivity contribution in [1.29, 1.82) is 0 Å². The molecule has 1 aromatic carbocycles. The maximum Gasteiger partial charge on any atom is 0.320 e. The molecule has 0 aliphatic carbocycles. The third-order valence-electron chi connectivity index (χ3n) is 3.76. The van der Waals surface area contributed by atoms with Crippen LogP contribution in [0.4, 0.5) is 0 Å². The van der Waals surface area contributed by atoms with Gasteiger partial charge < -0.3 is 10.8 Å². The average molecular weight is 262 g/mol. The van der Waals surface area contributed by atoms with Gasteiger partial charge in [0.2, 0.25) is 0 Å². The van der Waals surface area contributed by atoms with Crippen LogP contribution in [0.2, 0.25) is 0 Å². The van der Waals surface area contributed by atoms with Gasteiger partial charge in [-0.2, -0.15) is 0 Å². The minimum absolute atomic E-state index is 0.413. The van der Waals surface area contributed by atoms with Crippen LogP contribution >= 0.6 is 0 Å². The molecule has 1 aromatic rings. The maximum absolute atomic E-state index is 10.8. The number of aliphatic carboxylic acids is 1. The molecule has 19 heavy (non-hydrogen) atoms. The second-order valence-electron chi connectivity index (χ2n) is 5.56. The molecule has 0 spiro atoms. The molecule has 3 N–H and O–H groups in total. The minimum atomic E-state index is -0.892. The van der Waals surface area contributed by atoms with E-state index in [-0.39, 0.29) is 0 Å². The van der Waals surface area contributed by atoms with E-state index in [1.807, 2.05) is 0 Å². The lowest BCUT2D eigenvalue weighted by molar-refractivity contribution is -0.138. The summed E-state index contributed by atoms with van der Waals surface area (Å²) in [6.07, 6.45) is 1.63. The second kappa shape index (κ2) is 6.17. The van der Waals surface area contributed by atoms with E-state index in [4.69, 9.17) is 10.8 Å². The highest BCUT2D eigenvalue weighted by molar-refractivity contribution is 5.73. The van der Waals surface area contributed by atoms with Crippen molar-refractivity contribution < 1.29 is 9.90 Å². The number of carboxylic acid groups (broad SMARTS) is 1. The molecule has 0 saturated carbocycles. The lowest BCUT2D eigenvalue weighted by Crippen LogP contribution is -2.33. The van der Waals surface area contributed by atoms with Crippen LogP contribution in [0.25, 0.3) is 0 Å². The highest BCUT2D eigenvalue weighted by Crippen LogP contribution is 2.22. The zero-order valence-corrected chi connectivity index (χ0v) is 11.4. The SMILES string of the molecule is Cc1cccc(CN2CCC(CC(N)C(=O)O)C2)c1. The van der Waals surface area contributed by atoms with Crippen LogP contribution < -0.4 is 5.73 Å². The Bertz CT molecular complexity index is 448. The summed E-state index contributed by atoms with van der Waals surface area (Å²) in [5.41, 5.74) is 8.20. The smallest absolute Gasteiger partial charge is 0.320 e. The van der Waals surface area contributed by atoms with E-state index in [1.54, 1.807) is 0 Å². The quantitative estimate of drug-likeness (QED) is 0.846. The van der Waals surface area contributed by atoms with E-state index < -0.39 is 12.0 Å². The largest absolute Gasteiger partial charge is 0.480 e. The summed E-state index contributed by atoms with van der Waals surface area (Å²) in [7, 11) is 0. The van der Waals surface area contributed by atoms with Crippen LogP contribution in [-0.4, -0.2) is 35.1 Å². The molecule has 2 rings (SSSR count). The Morgan fingerprint density at radius 3 is 3.05 bits per heavy atom. The fourth-order valence-corrected chi connectivity index (χ4v) is 2.78. The van der Waals surface area contributed by atoms with Crippen LogP contribution in [0, 0.1) is 12.8 Å².